The fraction of sp³-hybridized carbons (Fsp3) is 0.333. The number of benzene rings is 1. The van der Waals surface area contributed by atoms with Gasteiger partial charge in [0.25, 0.3) is 5.91 Å². The maximum Gasteiger partial charge on any atom is 0.261 e. The quantitative estimate of drug-likeness (QED) is 0.354. The number of thiophene rings is 2. The predicted molar refractivity (Wildman–Crippen MR) is 149 cm³/mol. The Morgan fingerprint density at radius 1 is 1.03 bits per heavy atom. The van der Waals surface area contributed by atoms with E-state index in [4.69, 9.17) is 16.7 Å². The first-order chi connectivity index (χ1) is 17.9. The molecule has 3 atom stereocenters. The van der Waals surface area contributed by atoms with Gasteiger partial charge in [0, 0.05) is 27.2 Å². The standard InChI is InChI=1S/C27H26ClN3O3S3/c28-19-10-12-21(13-11-19)37(33,34)30-14-2-8-23(30)27(32)31-26(24-9-4-16-36-24)22-7-1-5-18(25(22)29-31)17-20-6-3-15-35-20/h3-4,6,9-13,15-17,22-23,26H,1-2,5,7-8,14H2/b18-17+. The fourth-order valence-electron chi connectivity index (χ4n) is 5.64. The topological polar surface area (TPSA) is 70.1 Å². The summed E-state index contributed by atoms with van der Waals surface area (Å²) in [7, 11) is -3.85. The van der Waals surface area contributed by atoms with Crippen LogP contribution in [0.3, 0.4) is 0 Å². The zero-order valence-electron chi connectivity index (χ0n) is 20.0. The lowest BCUT2D eigenvalue weighted by molar-refractivity contribution is -0.137. The van der Waals surface area contributed by atoms with E-state index < -0.39 is 16.1 Å². The predicted octanol–water partition coefficient (Wildman–Crippen LogP) is 6.44. The first-order valence-electron chi connectivity index (χ1n) is 12.4. The van der Waals surface area contributed by atoms with Crippen molar-refractivity contribution in [3.05, 3.63) is 79.6 Å². The Hall–Kier alpha value is -2.30. The smallest absolute Gasteiger partial charge is 0.261 e. The van der Waals surface area contributed by atoms with Gasteiger partial charge >= 0.3 is 0 Å². The number of halogens is 1. The molecule has 6 rings (SSSR count). The van der Waals surface area contributed by atoms with E-state index in [0.717, 1.165) is 29.9 Å². The maximum absolute atomic E-state index is 14.1. The normalized spacial score (nSPS) is 25.4. The molecule has 2 fully saturated rings. The first kappa shape index (κ1) is 25.0. The van der Waals surface area contributed by atoms with Crippen molar-refractivity contribution in [1.82, 2.24) is 9.31 Å². The number of rotatable bonds is 5. The number of sulfonamides is 1. The molecule has 4 heterocycles. The van der Waals surface area contributed by atoms with Crippen LogP contribution in [-0.2, 0) is 14.8 Å². The molecule has 1 saturated heterocycles. The van der Waals surface area contributed by atoms with Crippen molar-refractivity contribution in [2.45, 2.75) is 49.1 Å². The van der Waals surface area contributed by atoms with Crippen LogP contribution < -0.4 is 0 Å². The highest BCUT2D eigenvalue weighted by Crippen LogP contribution is 2.46. The van der Waals surface area contributed by atoms with Crippen LogP contribution in [0.2, 0.25) is 5.02 Å². The third kappa shape index (κ3) is 4.61. The minimum absolute atomic E-state index is 0.102. The van der Waals surface area contributed by atoms with Gasteiger partial charge in [-0.3, -0.25) is 4.79 Å². The lowest BCUT2D eigenvalue weighted by atomic mass is 9.79. The zero-order valence-corrected chi connectivity index (χ0v) is 23.2. The van der Waals surface area contributed by atoms with Gasteiger partial charge in [0.05, 0.1) is 16.6 Å². The van der Waals surface area contributed by atoms with Gasteiger partial charge in [-0.25, -0.2) is 13.4 Å². The summed E-state index contributed by atoms with van der Waals surface area (Å²) in [5.41, 5.74) is 2.14. The van der Waals surface area contributed by atoms with Gasteiger partial charge in [0.15, 0.2) is 0 Å². The highest BCUT2D eigenvalue weighted by molar-refractivity contribution is 7.89. The van der Waals surface area contributed by atoms with Gasteiger partial charge in [-0.05, 0) is 90.9 Å². The van der Waals surface area contributed by atoms with Gasteiger partial charge in [-0.15, -0.1) is 22.7 Å². The van der Waals surface area contributed by atoms with Crippen LogP contribution >= 0.6 is 34.3 Å². The van der Waals surface area contributed by atoms with E-state index in [1.165, 1.54) is 26.9 Å². The Kier molecular flexibility index (Phi) is 6.83. The van der Waals surface area contributed by atoms with E-state index in [0.29, 0.717) is 24.4 Å². The molecule has 0 N–H and O–H groups in total. The summed E-state index contributed by atoms with van der Waals surface area (Å²) in [5, 5.41) is 11.1. The number of fused-ring (bicyclic) bond motifs is 1. The van der Waals surface area contributed by atoms with Crippen molar-refractivity contribution in [1.29, 1.82) is 0 Å². The lowest BCUT2D eigenvalue weighted by Gasteiger charge is -2.31. The van der Waals surface area contributed by atoms with Crippen LogP contribution in [0.5, 0.6) is 0 Å². The summed E-state index contributed by atoms with van der Waals surface area (Å²) >= 11 is 9.29. The molecule has 2 aliphatic heterocycles. The molecular weight excluding hydrogens is 546 g/mol. The average Bonchev–Trinajstić information content (AvgIpc) is 3.70. The van der Waals surface area contributed by atoms with Gasteiger partial charge in [-0.2, -0.15) is 9.41 Å². The number of hydrazone groups is 1. The number of hydrogen-bond donors (Lipinski definition) is 0. The molecule has 6 nitrogen and oxygen atoms in total. The second kappa shape index (κ2) is 10.1. The Morgan fingerprint density at radius 2 is 1.81 bits per heavy atom. The number of nitrogens with zero attached hydrogens (tertiary/aromatic N) is 3. The van der Waals surface area contributed by atoms with Gasteiger partial charge < -0.3 is 0 Å². The first-order valence-corrected chi connectivity index (χ1v) is 16.0. The second-order valence-corrected chi connectivity index (χ2v) is 13.8. The van der Waals surface area contributed by atoms with E-state index >= 15 is 0 Å². The maximum atomic E-state index is 14.1. The number of carbonyl (C=O) groups excluding carboxylic acids is 1. The van der Waals surface area contributed by atoms with Crippen molar-refractivity contribution in [2.75, 3.05) is 6.54 Å². The third-order valence-corrected chi connectivity index (χ3v) is 11.3. The fourth-order valence-corrected chi connectivity index (χ4v) is 8.97. The monoisotopic (exact) mass is 571 g/mol. The molecule has 0 radical (unpaired) electrons. The summed E-state index contributed by atoms with van der Waals surface area (Å²) in [6.45, 7) is 0.308. The molecule has 1 aliphatic carbocycles. The third-order valence-electron chi connectivity index (χ3n) is 7.33. The van der Waals surface area contributed by atoms with Crippen molar-refractivity contribution in [3.8, 4) is 0 Å². The Morgan fingerprint density at radius 3 is 2.54 bits per heavy atom. The molecule has 3 aromatic rings. The molecule has 192 valence electrons. The highest BCUT2D eigenvalue weighted by Gasteiger charge is 2.49. The largest absolute Gasteiger partial charge is 0.271 e. The summed E-state index contributed by atoms with van der Waals surface area (Å²) in [6, 6.07) is 13.3. The SMILES string of the molecule is O=C(C1CCCN1S(=O)(=O)c1ccc(Cl)cc1)N1N=C2/C(=C/c3cccs3)CCCC2C1c1cccs1. The minimum Gasteiger partial charge on any atom is -0.271 e. The number of allylic oxidation sites excluding steroid dienone is 1. The number of amides is 1. The van der Waals surface area contributed by atoms with Crippen LogP contribution in [0.4, 0.5) is 0 Å². The van der Waals surface area contributed by atoms with E-state index in [1.54, 1.807) is 39.8 Å². The summed E-state index contributed by atoms with van der Waals surface area (Å²) in [5.74, 6) is -0.143. The summed E-state index contributed by atoms with van der Waals surface area (Å²) in [6.07, 6.45) is 6.21. The zero-order chi connectivity index (χ0) is 25.6. The molecule has 1 amide bonds. The molecule has 1 saturated carbocycles. The number of carbonyl (C=O) groups is 1. The molecule has 0 bridgehead atoms. The summed E-state index contributed by atoms with van der Waals surface area (Å²) < 4.78 is 28.4. The van der Waals surface area contributed by atoms with E-state index in [9.17, 15) is 13.2 Å². The Labute approximate surface area is 229 Å². The molecule has 2 aromatic heterocycles. The van der Waals surface area contributed by atoms with E-state index in [1.807, 2.05) is 17.5 Å². The van der Waals surface area contributed by atoms with E-state index in [2.05, 4.69) is 23.6 Å². The van der Waals surface area contributed by atoms with Crippen LogP contribution in [-0.4, -0.2) is 41.9 Å². The Balaban J connectivity index is 1.36. The highest BCUT2D eigenvalue weighted by atomic mass is 35.5. The molecule has 10 heteroatoms. The van der Waals surface area contributed by atoms with Crippen molar-refractivity contribution in [3.63, 3.8) is 0 Å². The van der Waals surface area contributed by atoms with Crippen molar-refractivity contribution >= 4 is 62.0 Å². The van der Waals surface area contributed by atoms with Gasteiger partial charge in [-0.1, -0.05) is 23.7 Å². The average molecular weight is 572 g/mol. The van der Waals surface area contributed by atoms with Crippen LogP contribution in [0.15, 0.2) is 74.9 Å². The van der Waals surface area contributed by atoms with Crippen LogP contribution in [0, 0.1) is 5.92 Å². The van der Waals surface area contributed by atoms with Gasteiger partial charge in [0.1, 0.15) is 6.04 Å². The van der Waals surface area contributed by atoms with Crippen molar-refractivity contribution < 1.29 is 13.2 Å². The minimum atomic E-state index is -3.85. The van der Waals surface area contributed by atoms with Crippen LogP contribution in [0.25, 0.3) is 6.08 Å². The molecular formula is C27H26ClN3O3S3. The second-order valence-electron chi connectivity index (χ2n) is 9.54. The lowest BCUT2D eigenvalue weighted by Crippen LogP contribution is -2.46. The Bertz CT molecular complexity index is 1450. The molecule has 0 spiro atoms. The molecule has 3 unspecified atom stereocenters. The molecule has 3 aliphatic rings. The van der Waals surface area contributed by atoms with E-state index in [-0.39, 0.29) is 22.8 Å². The van der Waals surface area contributed by atoms with Crippen molar-refractivity contribution in [2.24, 2.45) is 11.0 Å². The molecule has 37 heavy (non-hydrogen) atoms. The summed E-state index contributed by atoms with van der Waals surface area (Å²) in [4.78, 5) is 16.5. The van der Waals surface area contributed by atoms with Gasteiger partial charge in [0.2, 0.25) is 10.0 Å². The number of hydrogen-bond acceptors (Lipinski definition) is 6. The molecule has 1 aromatic carbocycles. The van der Waals surface area contributed by atoms with Crippen LogP contribution in [0.1, 0.15) is 47.9 Å².